The summed E-state index contributed by atoms with van der Waals surface area (Å²) in [5, 5.41) is 5.59. The van der Waals surface area contributed by atoms with Gasteiger partial charge in [0.2, 0.25) is 13.4 Å². The van der Waals surface area contributed by atoms with Crippen molar-refractivity contribution in [1.29, 1.82) is 0 Å². The molecule has 0 N–H and O–H groups in total. The molecule has 0 bridgehead atoms. The first-order valence-electron chi connectivity index (χ1n) is 23.1. The summed E-state index contributed by atoms with van der Waals surface area (Å²) in [6, 6.07) is 57.0. The number of aryl methyl sites for hydroxylation is 9. The van der Waals surface area contributed by atoms with Crippen molar-refractivity contribution in [1.82, 2.24) is 0 Å². The van der Waals surface area contributed by atoms with E-state index < -0.39 is 8.07 Å². The molecule has 7 aromatic rings. The van der Waals surface area contributed by atoms with Crippen molar-refractivity contribution in [3.8, 4) is 0 Å². The highest BCUT2D eigenvalue weighted by atomic mass is 28.3. The first kappa shape index (κ1) is 44.0. The van der Waals surface area contributed by atoms with Crippen LogP contribution in [0.15, 0.2) is 169 Å². The first-order chi connectivity index (χ1) is 30.2. The fourth-order valence-electron chi connectivity index (χ4n) is 12.3. The standard InChI is InChI=1S/C60H64B2Si/c1-39-31-43(5)57(44(6)32-39)61(58-45(7)33-40(2)34-46(58)8)51-23-27-55(28-24-51)63(53-19-15-13-16-20-53,54-21-17-14-18-22-54)56-29-25-52(26-30-56)62(59-47(9)35-41(3)36-48(59)10)60-49(11)37-42(4)38-50(60)12/h13-38,43,57H,1-12H3. The summed E-state index contributed by atoms with van der Waals surface area (Å²) in [6.07, 6.45) is 4.91. The maximum atomic E-state index is 2.51. The number of hydrogen-bond donors (Lipinski definition) is 0. The second-order valence-corrected chi connectivity index (χ2v) is 23.1. The normalized spacial score (nSPS) is 15.2. The average molecular weight is 835 g/mol. The third-order valence-corrected chi connectivity index (χ3v) is 19.1. The smallest absolute Gasteiger partial charge is 0.0788 e. The molecule has 2 unspecified atom stereocenters. The van der Waals surface area contributed by atoms with Crippen molar-refractivity contribution in [3.63, 3.8) is 0 Å². The van der Waals surface area contributed by atoms with Crippen molar-refractivity contribution in [2.24, 2.45) is 5.92 Å². The Kier molecular flexibility index (Phi) is 12.5. The van der Waals surface area contributed by atoms with Gasteiger partial charge in [0, 0.05) is 0 Å². The molecule has 8 rings (SSSR count). The average Bonchev–Trinajstić information content (AvgIpc) is 3.23. The minimum atomic E-state index is -2.84. The molecule has 2 atom stereocenters. The lowest BCUT2D eigenvalue weighted by Crippen LogP contribution is -2.75. The molecule has 314 valence electrons. The molecule has 0 amide bonds. The maximum absolute atomic E-state index is 2.84. The number of benzene rings is 7. The summed E-state index contributed by atoms with van der Waals surface area (Å²) in [5.41, 5.74) is 22.0. The number of hydrogen-bond acceptors (Lipinski definition) is 0. The Balaban J connectivity index is 1.34. The van der Waals surface area contributed by atoms with Crippen LogP contribution in [0.25, 0.3) is 0 Å². The van der Waals surface area contributed by atoms with Crippen LogP contribution >= 0.6 is 0 Å². The first-order valence-corrected chi connectivity index (χ1v) is 25.1. The molecule has 0 heterocycles. The molecule has 0 spiro atoms. The Morgan fingerprint density at radius 2 is 0.746 bits per heavy atom. The molecule has 0 aliphatic heterocycles. The predicted octanol–water partition coefficient (Wildman–Crippen LogP) is 8.88. The SMILES string of the molecule is CC1=CC(C)C(B(c2ccc([Si](c3ccccc3)(c3ccccc3)c3ccc(B(c4c(C)cc(C)cc4C)c4c(C)cc(C)cc4C)cc3)cc2)c2c(C)cc(C)cc2C)C(C)=C1. The molecule has 0 aromatic heterocycles. The molecule has 0 saturated carbocycles. The minimum absolute atomic E-state index is 0.119. The number of allylic oxidation sites excluding steroid dienone is 4. The zero-order valence-corrected chi connectivity index (χ0v) is 40.8. The third-order valence-electron chi connectivity index (χ3n) is 14.3. The Bertz CT molecular complexity index is 2680. The van der Waals surface area contributed by atoms with Gasteiger partial charge in [-0.05, 0) is 109 Å². The molecular formula is C60H64B2Si. The van der Waals surface area contributed by atoms with Crippen LogP contribution in [0.4, 0.5) is 0 Å². The second-order valence-electron chi connectivity index (χ2n) is 19.3. The van der Waals surface area contributed by atoms with E-state index >= 15 is 0 Å². The molecule has 7 aromatic carbocycles. The van der Waals surface area contributed by atoms with Gasteiger partial charge in [-0.15, -0.1) is 0 Å². The Hall–Kier alpha value is -5.63. The summed E-state index contributed by atoms with van der Waals surface area (Å²) in [7, 11) is -2.84. The highest BCUT2D eigenvalue weighted by Gasteiger charge is 2.43. The highest BCUT2D eigenvalue weighted by Crippen LogP contribution is 2.37. The van der Waals surface area contributed by atoms with E-state index in [9.17, 15) is 0 Å². The van der Waals surface area contributed by atoms with Crippen LogP contribution in [0, 0.1) is 68.2 Å². The van der Waals surface area contributed by atoms with Crippen LogP contribution in [-0.4, -0.2) is 21.5 Å². The van der Waals surface area contributed by atoms with E-state index in [2.05, 4.69) is 241 Å². The van der Waals surface area contributed by atoms with Crippen LogP contribution in [0.5, 0.6) is 0 Å². The van der Waals surface area contributed by atoms with Gasteiger partial charge in [0.25, 0.3) is 0 Å². The molecule has 63 heavy (non-hydrogen) atoms. The topological polar surface area (TPSA) is 0 Å². The van der Waals surface area contributed by atoms with E-state index in [4.69, 9.17) is 0 Å². The molecule has 0 radical (unpaired) electrons. The van der Waals surface area contributed by atoms with Crippen LogP contribution < -0.4 is 48.1 Å². The van der Waals surface area contributed by atoms with Gasteiger partial charge in [-0.25, -0.2) is 0 Å². The largest absolute Gasteiger partial charge is 0.242 e. The molecule has 1 aliphatic rings. The van der Waals surface area contributed by atoms with Crippen molar-refractivity contribution >= 4 is 69.6 Å². The third kappa shape index (κ3) is 8.22. The molecule has 3 heteroatoms. The van der Waals surface area contributed by atoms with Crippen LogP contribution in [0.1, 0.15) is 70.8 Å². The van der Waals surface area contributed by atoms with Gasteiger partial charge in [0.1, 0.15) is 0 Å². The van der Waals surface area contributed by atoms with E-state index in [0.717, 1.165) is 0 Å². The van der Waals surface area contributed by atoms with Crippen LogP contribution in [0.2, 0.25) is 5.82 Å². The van der Waals surface area contributed by atoms with Crippen molar-refractivity contribution in [2.45, 2.75) is 88.9 Å². The van der Waals surface area contributed by atoms with E-state index in [1.165, 1.54) is 109 Å². The fraction of sp³-hybridized carbons (Fsp3) is 0.233. The lowest BCUT2D eigenvalue weighted by Gasteiger charge is -2.36. The zero-order valence-electron chi connectivity index (χ0n) is 39.8. The minimum Gasteiger partial charge on any atom is -0.0788 e. The van der Waals surface area contributed by atoms with Crippen LogP contribution in [-0.2, 0) is 0 Å². The van der Waals surface area contributed by atoms with Gasteiger partial charge in [-0.3, -0.25) is 0 Å². The number of rotatable bonds is 10. The maximum Gasteiger partial charge on any atom is 0.242 e. The van der Waals surface area contributed by atoms with E-state index in [-0.39, 0.29) is 13.4 Å². The van der Waals surface area contributed by atoms with E-state index in [0.29, 0.717) is 11.7 Å². The highest BCUT2D eigenvalue weighted by molar-refractivity contribution is 7.20. The Morgan fingerprint density at radius 3 is 1.13 bits per heavy atom. The van der Waals surface area contributed by atoms with Crippen molar-refractivity contribution in [3.05, 3.63) is 219 Å². The lowest BCUT2D eigenvalue weighted by molar-refractivity contribution is 0.689. The molecule has 1 aliphatic carbocycles. The predicted molar refractivity (Wildman–Crippen MR) is 282 cm³/mol. The van der Waals surface area contributed by atoms with Crippen LogP contribution in [0.3, 0.4) is 0 Å². The monoisotopic (exact) mass is 834 g/mol. The van der Waals surface area contributed by atoms with E-state index in [1.54, 1.807) is 0 Å². The van der Waals surface area contributed by atoms with Gasteiger partial charge in [0.05, 0.1) is 0 Å². The van der Waals surface area contributed by atoms with E-state index in [1.807, 2.05) is 0 Å². The zero-order chi connectivity index (χ0) is 44.7. The summed E-state index contributed by atoms with van der Waals surface area (Å²) < 4.78 is 0. The van der Waals surface area contributed by atoms with Gasteiger partial charge in [-0.1, -0.05) is 253 Å². The second kappa shape index (κ2) is 17.9. The molecular weight excluding hydrogens is 770 g/mol. The van der Waals surface area contributed by atoms with Gasteiger partial charge < -0.3 is 0 Å². The summed E-state index contributed by atoms with van der Waals surface area (Å²) in [5.74, 6) is 0.788. The summed E-state index contributed by atoms with van der Waals surface area (Å²) in [4.78, 5) is 0. The van der Waals surface area contributed by atoms with Gasteiger partial charge >= 0.3 is 0 Å². The van der Waals surface area contributed by atoms with Gasteiger partial charge in [0.15, 0.2) is 8.07 Å². The quantitative estimate of drug-likeness (QED) is 0.0955. The van der Waals surface area contributed by atoms with Crippen molar-refractivity contribution in [2.75, 3.05) is 0 Å². The van der Waals surface area contributed by atoms with Gasteiger partial charge in [-0.2, -0.15) is 0 Å². The molecule has 0 fully saturated rings. The van der Waals surface area contributed by atoms with Crippen molar-refractivity contribution < 1.29 is 0 Å². The summed E-state index contributed by atoms with van der Waals surface area (Å²) in [6.45, 7) is 27.9. The lowest BCUT2D eigenvalue weighted by atomic mass is 9.29. The Morgan fingerprint density at radius 1 is 0.397 bits per heavy atom. The molecule has 0 saturated heterocycles. The fourth-order valence-corrected chi connectivity index (χ4v) is 17.0. The summed E-state index contributed by atoms with van der Waals surface area (Å²) >= 11 is 0. The Labute approximate surface area is 381 Å². The molecule has 0 nitrogen and oxygen atoms in total.